The van der Waals surface area contributed by atoms with Crippen molar-refractivity contribution in [2.24, 2.45) is 14.1 Å². The zero-order valence-electron chi connectivity index (χ0n) is 64.5. The minimum atomic E-state index is -2.76. The quantitative estimate of drug-likeness (QED) is 0.0525. The summed E-state index contributed by atoms with van der Waals surface area (Å²) in [4.78, 5) is 38.7. The number of aliphatic hydroxyl groups is 1. The van der Waals surface area contributed by atoms with Gasteiger partial charge in [-0.3, -0.25) is 29.0 Å². The summed E-state index contributed by atoms with van der Waals surface area (Å²) in [6.07, 6.45) is 20.1. The van der Waals surface area contributed by atoms with Crippen molar-refractivity contribution >= 4 is 67.2 Å². The first-order valence-electron chi connectivity index (χ1n) is 35.2. The summed E-state index contributed by atoms with van der Waals surface area (Å²) in [5.41, 5.74) is 15.2. The predicted octanol–water partition coefficient (Wildman–Crippen LogP) is 12.6. The van der Waals surface area contributed by atoms with Crippen LogP contribution in [0.1, 0.15) is 47.7 Å². The lowest BCUT2D eigenvalue weighted by molar-refractivity contribution is 0.281. The number of anilines is 6. The van der Waals surface area contributed by atoms with Crippen molar-refractivity contribution < 1.29 is 41.8 Å². The standard InChI is InChI=1S/C26H32N6O2.C25H30N6O3.C25H25N5O2/c1-18(2)30(3)9-10-32(21-11-22(33-5)14-23(12-21)34-6)20-7-8-24-25(13-20)29-26(16-27-24)19-15-28-31(4)17-19;1-29(2)16-25-21(14-27-30(25)3)24-15-26-22-7-6-17(12-23(22)28-24)31(8-9-32)18-10-19(33-4)13-20(11-18)34-5;1-6-9-29(20-10-21(31-4)13-22(11-20)32-5)19-7-8-23-24(12-19)28-25(15-26-23)18-14-27-30(16-18)17(2)3/h7-8,11-18H,9-10H2,1-6H3;6-7,10-15,32H,8-9,16H2,1-5H3;1,7-8,10-17H,9H2,2-5H3/i;;4D3,5D3. The molecule has 0 atom stereocenters. The van der Waals surface area contributed by atoms with Crippen LogP contribution in [0.2, 0.25) is 0 Å². The molecule has 24 nitrogen and oxygen atoms in total. The molecule has 0 saturated heterocycles. The largest absolute Gasteiger partial charge is 0.497 e. The maximum atomic E-state index is 9.78. The molecule has 0 aliphatic heterocycles. The van der Waals surface area contributed by atoms with Crippen molar-refractivity contribution in [3.05, 3.63) is 164 Å². The van der Waals surface area contributed by atoms with Gasteiger partial charge in [0, 0.05) is 170 Å². The molecule has 0 unspecified atom stereocenters. The highest BCUT2D eigenvalue weighted by Crippen LogP contribution is 2.38. The van der Waals surface area contributed by atoms with Crippen molar-refractivity contribution in [2.45, 2.75) is 46.3 Å². The van der Waals surface area contributed by atoms with E-state index >= 15 is 0 Å². The molecular weight excluding hydrogens is 1260 g/mol. The first kappa shape index (κ1) is 63.4. The Kier molecular flexibility index (Phi) is 20.8. The summed E-state index contributed by atoms with van der Waals surface area (Å²) >= 11 is 0. The topological polar surface area (TPSA) is 223 Å². The van der Waals surface area contributed by atoms with Gasteiger partial charge in [0.15, 0.2) is 0 Å². The fourth-order valence-electron chi connectivity index (χ4n) is 11.0. The Bertz CT molecular complexity index is 4960. The van der Waals surface area contributed by atoms with Gasteiger partial charge in [0.1, 0.15) is 34.5 Å². The second-order valence-electron chi connectivity index (χ2n) is 24.3. The molecule has 12 aromatic rings. The number of hydrogen-bond donors (Lipinski definition) is 1. The number of aryl methyl sites for hydroxylation is 2. The maximum absolute atomic E-state index is 9.78. The average molecular weight is 1360 g/mol. The molecule has 0 amide bonds. The van der Waals surface area contributed by atoms with Gasteiger partial charge >= 0.3 is 0 Å². The van der Waals surface area contributed by atoms with E-state index in [9.17, 15) is 5.11 Å². The molecule has 0 saturated carbocycles. The second kappa shape index (κ2) is 32.8. The number of likely N-dealkylation sites (N-methyl/N-ethyl adjacent to an activating group) is 1. The number of rotatable bonds is 25. The molecule has 6 heterocycles. The van der Waals surface area contributed by atoms with Gasteiger partial charge in [-0.15, -0.1) is 6.42 Å². The molecule has 0 spiro atoms. The summed E-state index contributed by atoms with van der Waals surface area (Å²) in [6.45, 7) is 11.3. The van der Waals surface area contributed by atoms with Gasteiger partial charge in [0.2, 0.25) is 0 Å². The number of aliphatic hydroxyl groups excluding tert-OH is 1. The Morgan fingerprint density at radius 1 is 0.490 bits per heavy atom. The third kappa shape index (κ3) is 17.1. The molecule has 1 N–H and O–H groups in total. The summed E-state index contributed by atoms with van der Waals surface area (Å²) in [7, 11) is 11.1. The molecule has 6 aromatic heterocycles. The average Bonchev–Trinajstić information content (AvgIpc) is 1.26. The Morgan fingerprint density at radius 2 is 0.930 bits per heavy atom. The van der Waals surface area contributed by atoms with Crippen LogP contribution in [0.4, 0.5) is 34.1 Å². The van der Waals surface area contributed by atoms with Gasteiger partial charge in [0.05, 0.1) is 157 Å². The number of ether oxygens (including phenoxy) is 6. The monoisotopic (exact) mass is 1360 g/mol. The highest BCUT2D eigenvalue weighted by molar-refractivity contribution is 5.86. The molecule has 12 rings (SSSR count). The van der Waals surface area contributed by atoms with Crippen LogP contribution in [0.5, 0.6) is 34.5 Å². The van der Waals surface area contributed by atoms with Crippen molar-refractivity contribution in [2.75, 3.05) is 111 Å². The fraction of sp³-hybridized carbons (Fsp3) is 0.303. The first-order chi connectivity index (χ1) is 50.6. The van der Waals surface area contributed by atoms with Gasteiger partial charge in [-0.05, 0) is 103 Å². The van der Waals surface area contributed by atoms with Crippen molar-refractivity contribution in [3.63, 3.8) is 0 Å². The number of methoxy groups -OCH3 is 6. The molecule has 6 aromatic carbocycles. The lowest BCUT2D eigenvalue weighted by atomic mass is 10.1. The van der Waals surface area contributed by atoms with E-state index in [0.29, 0.717) is 52.2 Å². The molecule has 0 bridgehead atoms. The van der Waals surface area contributed by atoms with Gasteiger partial charge in [0.25, 0.3) is 0 Å². The van der Waals surface area contributed by atoms with Crippen LogP contribution in [0, 0.1) is 12.3 Å². The Morgan fingerprint density at radius 3 is 1.35 bits per heavy atom. The molecule has 0 radical (unpaired) electrons. The second-order valence-corrected chi connectivity index (χ2v) is 24.3. The summed E-state index contributed by atoms with van der Waals surface area (Å²) < 4.78 is 82.1. The van der Waals surface area contributed by atoms with Gasteiger partial charge in [-0.1, -0.05) is 5.92 Å². The van der Waals surface area contributed by atoms with Crippen LogP contribution in [0.25, 0.3) is 66.9 Å². The number of hydrogen-bond acceptors (Lipinski definition) is 21. The molecular formula is C76H87N17O7. The van der Waals surface area contributed by atoms with Crippen LogP contribution in [0.3, 0.4) is 0 Å². The lowest BCUT2D eigenvalue weighted by Gasteiger charge is -2.29. The van der Waals surface area contributed by atoms with E-state index in [1.165, 1.54) is 18.2 Å². The molecule has 24 heteroatoms. The normalized spacial score (nSPS) is 12.3. The molecule has 518 valence electrons. The van der Waals surface area contributed by atoms with E-state index in [0.717, 1.165) is 110 Å². The Hall–Kier alpha value is -11.4. The van der Waals surface area contributed by atoms with Crippen molar-refractivity contribution in [3.8, 4) is 80.6 Å². The summed E-state index contributed by atoms with van der Waals surface area (Å²) in [5.74, 6) is 5.20. The van der Waals surface area contributed by atoms with E-state index < -0.39 is 14.1 Å². The van der Waals surface area contributed by atoms with Gasteiger partial charge in [-0.2, -0.15) is 15.3 Å². The van der Waals surface area contributed by atoms with Gasteiger partial charge in [-0.25, -0.2) is 15.0 Å². The third-order valence-electron chi connectivity index (χ3n) is 16.6. The number of aromatic nitrogens is 12. The van der Waals surface area contributed by atoms with Crippen LogP contribution < -0.4 is 43.1 Å². The number of nitrogens with zero attached hydrogens (tertiary/aromatic N) is 17. The number of fused-ring (bicyclic) bond motifs is 3. The van der Waals surface area contributed by atoms with E-state index in [1.54, 1.807) is 87.2 Å². The molecule has 100 heavy (non-hydrogen) atoms. The van der Waals surface area contributed by atoms with Crippen LogP contribution in [-0.2, 0) is 20.6 Å². The minimum Gasteiger partial charge on any atom is -0.497 e. The fourth-order valence-corrected chi connectivity index (χ4v) is 11.0. The minimum absolute atomic E-state index is 0.0210. The molecule has 0 aliphatic rings. The van der Waals surface area contributed by atoms with Crippen molar-refractivity contribution in [1.29, 1.82) is 0 Å². The SMILES string of the molecule is COc1cc(OC)cc(N(CCN(C)C(C)C)c2ccc3ncc(-c4cnn(C)c4)nc3c2)c1.COc1cc(OC)cc(N(CCO)c2ccc3ncc(-c4cnn(C)c4CN(C)C)nc3c2)c1.[2H]C([2H])([2H])Oc1cc(OC([2H])([2H])[2H])cc(N(CC#C)c2ccc3ncc(-c4cnn(C(C)C)c4)nc3c2)c1. The molecule has 0 fully saturated rings. The van der Waals surface area contributed by atoms with Crippen LogP contribution in [0.15, 0.2) is 159 Å². The van der Waals surface area contributed by atoms with Crippen LogP contribution in [-0.4, -0.2) is 177 Å². The third-order valence-corrected chi connectivity index (χ3v) is 16.6. The Balaban J connectivity index is 0.000000170. The highest BCUT2D eigenvalue weighted by atomic mass is 16.5. The zero-order valence-corrected chi connectivity index (χ0v) is 58.5. The molecule has 0 aliphatic carbocycles. The summed E-state index contributed by atoms with van der Waals surface area (Å²) in [6, 6.07) is 33.8. The number of terminal acetylenes is 1. The zero-order chi connectivity index (χ0) is 76.1. The first-order valence-corrected chi connectivity index (χ1v) is 32.2. The number of benzene rings is 6. The Labute approximate surface area is 592 Å². The predicted molar refractivity (Wildman–Crippen MR) is 395 cm³/mol. The van der Waals surface area contributed by atoms with E-state index in [2.05, 4.69) is 83.9 Å². The van der Waals surface area contributed by atoms with Crippen LogP contribution >= 0.6 is 0 Å². The highest BCUT2D eigenvalue weighted by Gasteiger charge is 2.21. The lowest BCUT2D eigenvalue weighted by Crippen LogP contribution is -2.34. The van der Waals surface area contributed by atoms with E-state index in [1.807, 2.05) is 136 Å². The van der Waals surface area contributed by atoms with E-state index in [4.69, 9.17) is 58.0 Å². The van der Waals surface area contributed by atoms with E-state index in [-0.39, 0.29) is 30.7 Å². The smallest absolute Gasteiger partial charge is 0.124 e. The maximum Gasteiger partial charge on any atom is 0.124 e. The van der Waals surface area contributed by atoms with Gasteiger partial charge < -0.3 is 58.0 Å². The van der Waals surface area contributed by atoms with Crippen molar-refractivity contribution in [1.82, 2.24) is 69.0 Å². The summed E-state index contributed by atoms with van der Waals surface area (Å²) in [5, 5.41) is 22.8.